The van der Waals surface area contributed by atoms with Crippen LogP contribution in [0.25, 0.3) is 12.2 Å². The van der Waals surface area contributed by atoms with Crippen LogP contribution in [0.4, 0.5) is 0 Å². The molecule has 3 aromatic carbocycles. The third-order valence-electron chi connectivity index (χ3n) is 4.78. The maximum absolute atomic E-state index is 12.5. The largest absolute Gasteiger partial charge is 0.270 e. The minimum absolute atomic E-state index is 0.172. The molecule has 2 amide bonds. The lowest BCUT2D eigenvalue weighted by Crippen LogP contribution is -2.29. The van der Waals surface area contributed by atoms with Crippen LogP contribution in [0.15, 0.2) is 66.7 Å². The van der Waals surface area contributed by atoms with Crippen LogP contribution in [0.1, 0.15) is 43.0 Å². The molecule has 0 aromatic heterocycles. The second-order valence-corrected chi connectivity index (χ2v) is 7.07. The van der Waals surface area contributed by atoms with Crippen molar-refractivity contribution in [1.82, 2.24) is 4.90 Å². The van der Waals surface area contributed by atoms with Gasteiger partial charge in [0.2, 0.25) is 0 Å². The van der Waals surface area contributed by atoms with E-state index in [9.17, 15) is 9.59 Å². The van der Waals surface area contributed by atoms with Gasteiger partial charge >= 0.3 is 0 Å². The van der Waals surface area contributed by atoms with Gasteiger partial charge in [0.05, 0.1) is 29.3 Å². The lowest BCUT2D eigenvalue weighted by atomic mass is 10.1. The molecule has 0 aliphatic carbocycles. The van der Waals surface area contributed by atoms with E-state index in [-0.39, 0.29) is 18.4 Å². The molecule has 1 aliphatic heterocycles. The van der Waals surface area contributed by atoms with Gasteiger partial charge in [-0.2, -0.15) is 5.26 Å². The van der Waals surface area contributed by atoms with Gasteiger partial charge in [0, 0.05) is 5.02 Å². The molecule has 5 heteroatoms. The van der Waals surface area contributed by atoms with E-state index in [1.807, 2.05) is 36.4 Å². The molecule has 3 aromatic rings. The number of amides is 2. The van der Waals surface area contributed by atoms with Gasteiger partial charge in [-0.25, -0.2) is 0 Å². The predicted octanol–water partition coefficient (Wildman–Crippen LogP) is 5.18. The van der Waals surface area contributed by atoms with Crippen molar-refractivity contribution < 1.29 is 9.59 Å². The Morgan fingerprint density at radius 3 is 2.14 bits per heavy atom. The summed E-state index contributed by atoms with van der Waals surface area (Å²) in [5.41, 5.74) is 4.03. The molecule has 0 N–H and O–H groups in total. The summed E-state index contributed by atoms with van der Waals surface area (Å²) in [6, 6.07) is 21.6. The Kier molecular flexibility index (Phi) is 4.99. The van der Waals surface area contributed by atoms with Crippen LogP contribution in [0.5, 0.6) is 0 Å². The van der Waals surface area contributed by atoms with Crippen LogP contribution in [0.3, 0.4) is 0 Å². The predicted molar refractivity (Wildman–Crippen MR) is 112 cm³/mol. The van der Waals surface area contributed by atoms with E-state index >= 15 is 0 Å². The Morgan fingerprint density at radius 1 is 0.897 bits per heavy atom. The van der Waals surface area contributed by atoms with Crippen LogP contribution in [0, 0.1) is 11.3 Å². The van der Waals surface area contributed by atoms with Crippen molar-refractivity contribution in [3.63, 3.8) is 0 Å². The SMILES string of the molecule is N#Cc1ccc(C=Cc2ccc(CN3C(=O)c4ccccc4C3=O)cc2Cl)cc1. The van der Waals surface area contributed by atoms with E-state index in [4.69, 9.17) is 16.9 Å². The van der Waals surface area contributed by atoms with Gasteiger partial charge in [0.1, 0.15) is 0 Å². The minimum Gasteiger partial charge on any atom is -0.270 e. The minimum atomic E-state index is -0.286. The topological polar surface area (TPSA) is 61.2 Å². The molecule has 0 saturated carbocycles. The fourth-order valence-electron chi connectivity index (χ4n) is 3.22. The molecule has 0 bridgehead atoms. The highest BCUT2D eigenvalue weighted by atomic mass is 35.5. The molecule has 1 aliphatic rings. The number of imide groups is 1. The van der Waals surface area contributed by atoms with Crippen LogP contribution in [-0.4, -0.2) is 16.7 Å². The Bertz CT molecular complexity index is 1160. The first-order valence-corrected chi connectivity index (χ1v) is 9.36. The fraction of sp³-hybridized carbons (Fsp3) is 0.0417. The molecule has 4 nitrogen and oxygen atoms in total. The number of rotatable bonds is 4. The van der Waals surface area contributed by atoms with Crippen molar-refractivity contribution in [3.8, 4) is 6.07 Å². The molecule has 1 heterocycles. The molecule has 4 rings (SSSR count). The van der Waals surface area contributed by atoms with Crippen molar-refractivity contribution in [2.45, 2.75) is 6.54 Å². The van der Waals surface area contributed by atoms with Crippen LogP contribution >= 0.6 is 11.6 Å². The number of nitriles is 1. The number of nitrogens with zero attached hydrogens (tertiary/aromatic N) is 2. The van der Waals surface area contributed by atoms with Gasteiger partial charge in [-0.15, -0.1) is 0 Å². The summed E-state index contributed by atoms with van der Waals surface area (Å²) in [6.07, 6.45) is 3.79. The summed E-state index contributed by atoms with van der Waals surface area (Å²) >= 11 is 6.41. The van der Waals surface area contributed by atoms with E-state index < -0.39 is 0 Å². The zero-order valence-corrected chi connectivity index (χ0v) is 16.1. The molecule has 0 radical (unpaired) electrons. The fourth-order valence-corrected chi connectivity index (χ4v) is 3.49. The first-order chi connectivity index (χ1) is 14.1. The summed E-state index contributed by atoms with van der Waals surface area (Å²) in [4.78, 5) is 26.3. The number of fused-ring (bicyclic) bond motifs is 1. The molecule has 29 heavy (non-hydrogen) atoms. The Labute approximate surface area is 173 Å². The zero-order valence-electron chi connectivity index (χ0n) is 15.3. The quantitative estimate of drug-likeness (QED) is 0.449. The Morgan fingerprint density at radius 2 is 1.55 bits per heavy atom. The van der Waals surface area contributed by atoms with Gasteiger partial charge < -0.3 is 0 Å². The summed E-state index contributed by atoms with van der Waals surface area (Å²) in [7, 11) is 0. The highest BCUT2D eigenvalue weighted by molar-refractivity contribution is 6.32. The van der Waals surface area contributed by atoms with E-state index in [2.05, 4.69) is 6.07 Å². The summed E-state index contributed by atoms with van der Waals surface area (Å²) < 4.78 is 0. The van der Waals surface area contributed by atoms with Gasteiger partial charge in [0.25, 0.3) is 11.8 Å². The van der Waals surface area contributed by atoms with Crippen molar-refractivity contribution in [1.29, 1.82) is 5.26 Å². The first kappa shape index (κ1) is 18.7. The summed E-state index contributed by atoms with van der Waals surface area (Å²) in [6.45, 7) is 0.172. The number of hydrogen-bond donors (Lipinski definition) is 0. The summed E-state index contributed by atoms with van der Waals surface area (Å²) in [5, 5.41) is 9.39. The Balaban J connectivity index is 1.51. The molecule has 0 unspecified atom stereocenters. The molecule has 0 fully saturated rings. The molecular formula is C24H15ClN2O2. The van der Waals surface area contributed by atoms with E-state index in [0.717, 1.165) is 16.7 Å². The number of hydrogen-bond acceptors (Lipinski definition) is 3. The average molecular weight is 399 g/mol. The lowest BCUT2D eigenvalue weighted by molar-refractivity contribution is 0.0642. The smallest absolute Gasteiger partial charge is 0.261 e. The second-order valence-electron chi connectivity index (χ2n) is 6.67. The third-order valence-corrected chi connectivity index (χ3v) is 5.11. The van der Waals surface area contributed by atoms with E-state index in [1.54, 1.807) is 42.5 Å². The van der Waals surface area contributed by atoms with Crippen molar-refractivity contribution in [2.75, 3.05) is 0 Å². The maximum atomic E-state index is 12.5. The van der Waals surface area contributed by atoms with Crippen LogP contribution < -0.4 is 0 Å². The van der Waals surface area contributed by atoms with Gasteiger partial charge in [0.15, 0.2) is 0 Å². The zero-order chi connectivity index (χ0) is 20.4. The van der Waals surface area contributed by atoms with Gasteiger partial charge in [-0.05, 0) is 47.0 Å². The standard InChI is InChI=1S/C24H15ClN2O2/c25-22-13-18(15-27-23(28)20-3-1-2-4-21(20)24(27)29)10-12-19(22)11-9-16-5-7-17(14-26)8-6-16/h1-13H,15H2. The normalized spacial score (nSPS) is 13.0. The van der Waals surface area contributed by atoms with Crippen molar-refractivity contribution >= 4 is 35.6 Å². The average Bonchev–Trinajstić information content (AvgIpc) is 2.99. The highest BCUT2D eigenvalue weighted by Gasteiger charge is 2.34. The molecule has 140 valence electrons. The van der Waals surface area contributed by atoms with Gasteiger partial charge in [-0.1, -0.05) is 60.2 Å². The monoisotopic (exact) mass is 398 g/mol. The van der Waals surface area contributed by atoms with Gasteiger partial charge in [-0.3, -0.25) is 14.5 Å². The van der Waals surface area contributed by atoms with Crippen LogP contribution in [-0.2, 0) is 6.54 Å². The number of carbonyl (C=O) groups is 2. The molecular weight excluding hydrogens is 384 g/mol. The molecule has 0 spiro atoms. The summed E-state index contributed by atoms with van der Waals surface area (Å²) in [5.74, 6) is -0.571. The second kappa shape index (κ2) is 7.75. The third kappa shape index (κ3) is 3.69. The first-order valence-electron chi connectivity index (χ1n) is 8.99. The van der Waals surface area contributed by atoms with Crippen LogP contribution in [0.2, 0.25) is 5.02 Å². The molecule has 0 saturated heterocycles. The van der Waals surface area contributed by atoms with Crippen molar-refractivity contribution in [2.24, 2.45) is 0 Å². The van der Waals surface area contributed by atoms with Crippen molar-refractivity contribution in [3.05, 3.63) is 105 Å². The van der Waals surface area contributed by atoms with E-state index in [0.29, 0.717) is 21.7 Å². The number of halogens is 1. The Hall–Kier alpha value is -3.68. The lowest BCUT2D eigenvalue weighted by Gasteiger charge is -2.14. The van der Waals surface area contributed by atoms with E-state index in [1.165, 1.54) is 4.90 Å². The number of carbonyl (C=O) groups excluding carboxylic acids is 2. The molecule has 0 atom stereocenters. The number of benzene rings is 3. The maximum Gasteiger partial charge on any atom is 0.261 e. The highest BCUT2D eigenvalue weighted by Crippen LogP contribution is 2.26.